The van der Waals surface area contributed by atoms with E-state index in [0.717, 1.165) is 68.9 Å². The van der Waals surface area contributed by atoms with Crippen LogP contribution in [0.4, 0.5) is 4.79 Å². The molecule has 2 aromatic rings. The normalized spacial score (nSPS) is 16.2. The number of rotatable bonds is 19. The van der Waals surface area contributed by atoms with Gasteiger partial charge < -0.3 is 34.6 Å². The van der Waals surface area contributed by atoms with Crippen molar-refractivity contribution >= 4 is 35.8 Å². The molecule has 1 saturated carbocycles. The van der Waals surface area contributed by atoms with Crippen LogP contribution in [0.1, 0.15) is 122 Å². The lowest BCUT2D eigenvalue weighted by molar-refractivity contribution is -0.150. The van der Waals surface area contributed by atoms with Gasteiger partial charge in [0.1, 0.15) is 30.9 Å². The second kappa shape index (κ2) is 24.2. The maximum absolute atomic E-state index is 14.0. The third-order valence-corrected chi connectivity index (χ3v) is 11.0. The molecule has 4 amide bonds. The molecule has 1 aliphatic carbocycles. The third-order valence-electron chi connectivity index (χ3n) is 11.0. The fraction of sp³-hybridized carbons (Fsp3) is 0.609. The molecule has 0 spiro atoms. The van der Waals surface area contributed by atoms with Gasteiger partial charge in [-0.15, -0.1) is 0 Å². The zero-order valence-electron chi connectivity index (χ0n) is 35.6. The van der Waals surface area contributed by atoms with E-state index in [0.29, 0.717) is 31.8 Å². The van der Waals surface area contributed by atoms with Crippen molar-refractivity contribution in [2.24, 2.45) is 11.8 Å². The van der Waals surface area contributed by atoms with Crippen molar-refractivity contribution in [3.63, 3.8) is 0 Å². The van der Waals surface area contributed by atoms with Gasteiger partial charge in [0.05, 0.1) is 13.0 Å². The van der Waals surface area contributed by atoms with Gasteiger partial charge in [0, 0.05) is 26.1 Å². The standard InChI is InChI=1S/C46H66N4O9/c1-5-49(41(52)24-16-23-34-25-27-50(28-26-34)45(56)59-46(2,3)4)31-40(51)47-38(30-42(53)57-32-36-19-12-8-13-20-36)43(54)48-39(29-35-17-10-6-7-11-18-35)44(55)58-33-37-21-14-9-15-22-37/h8-9,12-15,19-22,34-35,38-39H,5-7,10-11,16-18,23-33H2,1-4H3,(H,47,51)(H,48,54)/t38-,39-/m0/s1. The number of hydrogen-bond acceptors (Lipinski definition) is 9. The monoisotopic (exact) mass is 818 g/mol. The summed E-state index contributed by atoms with van der Waals surface area (Å²) in [5, 5.41) is 5.50. The van der Waals surface area contributed by atoms with Crippen molar-refractivity contribution in [1.82, 2.24) is 20.4 Å². The highest BCUT2D eigenvalue weighted by atomic mass is 16.6. The molecule has 2 atom stereocenters. The van der Waals surface area contributed by atoms with Crippen LogP contribution in [0.3, 0.4) is 0 Å². The highest BCUT2D eigenvalue weighted by molar-refractivity contribution is 5.94. The number of nitrogens with one attached hydrogen (secondary N) is 2. The average molecular weight is 819 g/mol. The number of carbonyl (C=O) groups is 6. The van der Waals surface area contributed by atoms with Crippen LogP contribution in [-0.2, 0) is 51.4 Å². The van der Waals surface area contributed by atoms with Crippen molar-refractivity contribution in [2.45, 2.75) is 142 Å². The minimum Gasteiger partial charge on any atom is -0.461 e. The van der Waals surface area contributed by atoms with Crippen LogP contribution in [0.25, 0.3) is 0 Å². The number of carbonyl (C=O) groups excluding carboxylic acids is 6. The molecule has 59 heavy (non-hydrogen) atoms. The molecule has 2 aromatic carbocycles. The predicted molar refractivity (Wildman–Crippen MR) is 223 cm³/mol. The summed E-state index contributed by atoms with van der Waals surface area (Å²) in [5.74, 6) is -2.23. The van der Waals surface area contributed by atoms with E-state index < -0.39 is 47.9 Å². The lowest BCUT2D eigenvalue weighted by atomic mass is 9.91. The van der Waals surface area contributed by atoms with Gasteiger partial charge >= 0.3 is 18.0 Å². The van der Waals surface area contributed by atoms with Crippen LogP contribution in [0, 0.1) is 11.8 Å². The van der Waals surface area contributed by atoms with E-state index in [2.05, 4.69) is 10.6 Å². The molecule has 324 valence electrons. The van der Waals surface area contributed by atoms with E-state index in [1.54, 1.807) is 11.8 Å². The first-order chi connectivity index (χ1) is 28.3. The van der Waals surface area contributed by atoms with Crippen LogP contribution in [0.2, 0.25) is 0 Å². The Kier molecular flexibility index (Phi) is 19.2. The summed E-state index contributed by atoms with van der Waals surface area (Å²) in [6.07, 6.45) is 9.14. The minimum atomic E-state index is -1.37. The van der Waals surface area contributed by atoms with Crippen molar-refractivity contribution in [1.29, 1.82) is 0 Å². The molecule has 13 heteroatoms. The number of amides is 4. The van der Waals surface area contributed by atoms with Crippen LogP contribution in [-0.4, -0.2) is 89.4 Å². The van der Waals surface area contributed by atoms with E-state index in [1.807, 2.05) is 81.4 Å². The Balaban J connectivity index is 1.37. The summed E-state index contributed by atoms with van der Waals surface area (Å²) in [6, 6.07) is 16.0. The van der Waals surface area contributed by atoms with Gasteiger partial charge in [0.15, 0.2) is 0 Å². The third kappa shape index (κ3) is 17.4. The highest BCUT2D eigenvalue weighted by Gasteiger charge is 2.33. The predicted octanol–water partition coefficient (Wildman–Crippen LogP) is 6.86. The van der Waals surface area contributed by atoms with Gasteiger partial charge in [-0.1, -0.05) is 99.2 Å². The fourth-order valence-corrected chi connectivity index (χ4v) is 7.64. The number of likely N-dealkylation sites (N-methyl/N-ethyl adjacent to an activating group) is 1. The molecular weight excluding hydrogens is 753 g/mol. The smallest absolute Gasteiger partial charge is 0.410 e. The number of likely N-dealkylation sites (tertiary alicyclic amines) is 1. The summed E-state index contributed by atoms with van der Waals surface area (Å²) in [5.41, 5.74) is 1.02. The maximum atomic E-state index is 14.0. The lowest BCUT2D eigenvalue weighted by Gasteiger charge is -2.33. The summed E-state index contributed by atoms with van der Waals surface area (Å²) in [6.45, 7) is 8.53. The first-order valence-electron chi connectivity index (χ1n) is 21.5. The van der Waals surface area contributed by atoms with Gasteiger partial charge in [-0.05, 0) is 82.8 Å². The van der Waals surface area contributed by atoms with Gasteiger partial charge in [-0.3, -0.25) is 19.2 Å². The number of benzene rings is 2. The van der Waals surface area contributed by atoms with Crippen LogP contribution >= 0.6 is 0 Å². The summed E-state index contributed by atoms with van der Waals surface area (Å²) in [4.78, 5) is 83.2. The fourth-order valence-electron chi connectivity index (χ4n) is 7.64. The average Bonchev–Trinajstić information content (AvgIpc) is 3.49. The highest BCUT2D eigenvalue weighted by Crippen LogP contribution is 2.27. The number of piperidine rings is 1. The molecule has 0 unspecified atom stereocenters. The Morgan fingerprint density at radius 1 is 0.763 bits per heavy atom. The van der Waals surface area contributed by atoms with Gasteiger partial charge in [-0.25, -0.2) is 9.59 Å². The Hall–Kier alpha value is -4.94. The van der Waals surface area contributed by atoms with Crippen molar-refractivity contribution in [2.75, 3.05) is 26.2 Å². The van der Waals surface area contributed by atoms with Crippen molar-refractivity contribution in [3.8, 4) is 0 Å². The van der Waals surface area contributed by atoms with E-state index in [9.17, 15) is 28.8 Å². The zero-order chi connectivity index (χ0) is 42.6. The Labute approximate surface area is 350 Å². The second-order valence-electron chi connectivity index (χ2n) is 16.9. The van der Waals surface area contributed by atoms with Crippen molar-refractivity contribution in [3.05, 3.63) is 71.8 Å². The first kappa shape index (κ1) is 46.7. The number of nitrogens with zero attached hydrogens (tertiary/aromatic N) is 2. The molecule has 1 saturated heterocycles. The molecule has 2 fully saturated rings. The number of ether oxygens (including phenoxy) is 3. The molecule has 13 nitrogen and oxygen atoms in total. The Morgan fingerprint density at radius 2 is 1.36 bits per heavy atom. The van der Waals surface area contributed by atoms with Gasteiger partial charge in [-0.2, -0.15) is 0 Å². The van der Waals surface area contributed by atoms with Crippen LogP contribution < -0.4 is 10.6 Å². The van der Waals surface area contributed by atoms with Gasteiger partial charge in [0.2, 0.25) is 17.7 Å². The van der Waals surface area contributed by atoms with E-state index in [4.69, 9.17) is 14.2 Å². The molecule has 0 aromatic heterocycles. The molecule has 4 rings (SSSR count). The molecule has 1 aliphatic heterocycles. The minimum absolute atomic E-state index is 0.0148. The Morgan fingerprint density at radius 3 is 1.93 bits per heavy atom. The second-order valence-corrected chi connectivity index (χ2v) is 16.9. The number of esters is 2. The quantitative estimate of drug-likeness (QED) is 0.0877. The zero-order valence-corrected chi connectivity index (χ0v) is 35.6. The summed E-state index contributed by atoms with van der Waals surface area (Å²) in [7, 11) is 0. The molecule has 1 heterocycles. The topological polar surface area (TPSA) is 161 Å². The lowest BCUT2D eigenvalue weighted by Crippen LogP contribution is -2.54. The molecule has 2 aliphatic rings. The maximum Gasteiger partial charge on any atom is 0.410 e. The van der Waals surface area contributed by atoms with Crippen LogP contribution in [0.15, 0.2) is 60.7 Å². The number of hydrogen-bond donors (Lipinski definition) is 2. The van der Waals surface area contributed by atoms with Gasteiger partial charge in [0.25, 0.3) is 0 Å². The summed E-state index contributed by atoms with van der Waals surface area (Å²) >= 11 is 0. The summed E-state index contributed by atoms with van der Waals surface area (Å²) < 4.78 is 16.7. The molecule has 0 bridgehead atoms. The van der Waals surface area contributed by atoms with E-state index in [-0.39, 0.29) is 50.6 Å². The molecule has 0 radical (unpaired) electrons. The van der Waals surface area contributed by atoms with E-state index in [1.165, 1.54) is 4.90 Å². The van der Waals surface area contributed by atoms with E-state index >= 15 is 0 Å². The molecule has 2 N–H and O–H groups in total. The first-order valence-corrected chi connectivity index (χ1v) is 21.5. The molecular formula is C46H66N4O9. The Bertz CT molecular complexity index is 1630. The largest absolute Gasteiger partial charge is 0.461 e. The van der Waals surface area contributed by atoms with Crippen LogP contribution in [0.5, 0.6) is 0 Å². The van der Waals surface area contributed by atoms with Crippen molar-refractivity contribution < 1.29 is 43.0 Å². The SMILES string of the molecule is CCN(CC(=O)N[C@@H](CC(=O)OCc1ccccc1)C(=O)N[C@@H](CC1CCCCCC1)C(=O)OCc1ccccc1)C(=O)CCCC1CCN(C(=O)OC(C)(C)C)CC1.